The first-order valence-corrected chi connectivity index (χ1v) is 6.05. The van der Waals surface area contributed by atoms with Crippen molar-refractivity contribution in [2.75, 3.05) is 13.6 Å². The van der Waals surface area contributed by atoms with Gasteiger partial charge in [-0.3, -0.25) is 9.79 Å². The van der Waals surface area contributed by atoms with E-state index in [-0.39, 0.29) is 29.9 Å². The molecule has 0 bridgehead atoms. The molecule has 0 aliphatic carbocycles. The van der Waals surface area contributed by atoms with Crippen LogP contribution >= 0.6 is 24.0 Å². The van der Waals surface area contributed by atoms with Gasteiger partial charge in [0, 0.05) is 25.2 Å². The number of aliphatic imine (C=N–C) groups is 1. The summed E-state index contributed by atoms with van der Waals surface area (Å²) in [6.07, 6.45) is 0. The van der Waals surface area contributed by atoms with E-state index in [1.165, 1.54) is 0 Å². The quantitative estimate of drug-likeness (QED) is 0.695. The Morgan fingerprint density at radius 3 is 2.63 bits per heavy atom. The minimum absolute atomic E-state index is 0. The fourth-order valence-corrected chi connectivity index (χ4v) is 1.76. The number of benzene rings is 1. The summed E-state index contributed by atoms with van der Waals surface area (Å²) in [5.41, 5.74) is 1.79. The van der Waals surface area contributed by atoms with Gasteiger partial charge < -0.3 is 16.0 Å². The Morgan fingerprint density at radius 2 is 2.11 bits per heavy atom. The Morgan fingerprint density at radius 1 is 1.42 bits per heavy atom. The van der Waals surface area contributed by atoms with Gasteiger partial charge in [0.05, 0.1) is 6.54 Å². The predicted octanol–water partition coefficient (Wildman–Crippen LogP) is 1.10. The number of guanidine groups is 1. The molecule has 2 rings (SSSR count). The van der Waals surface area contributed by atoms with Crippen molar-refractivity contribution in [3.05, 3.63) is 35.4 Å². The molecular formula is C13H19IN4O. The lowest BCUT2D eigenvalue weighted by atomic mass is 10.1. The lowest BCUT2D eigenvalue weighted by molar-refractivity contribution is 0.0963. The number of hydrogen-bond donors (Lipinski definition) is 3. The number of nitrogens with zero attached hydrogens (tertiary/aromatic N) is 1. The minimum Gasteiger partial charge on any atom is -0.355 e. The van der Waals surface area contributed by atoms with Gasteiger partial charge in [0.2, 0.25) is 0 Å². The van der Waals surface area contributed by atoms with E-state index in [1.807, 2.05) is 24.3 Å². The molecule has 1 aliphatic heterocycles. The van der Waals surface area contributed by atoms with Crippen LogP contribution in [-0.2, 0) is 6.54 Å². The fourth-order valence-electron chi connectivity index (χ4n) is 1.76. The Balaban J connectivity index is 0.00000180. The molecule has 1 unspecified atom stereocenters. The first-order chi connectivity index (χ1) is 8.69. The van der Waals surface area contributed by atoms with E-state index in [1.54, 1.807) is 7.05 Å². The van der Waals surface area contributed by atoms with Crippen LogP contribution in [0.2, 0.25) is 0 Å². The average Bonchev–Trinajstić information content (AvgIpc) is 2.82. The highest BCUT2D eigenvalue weighted by Gasteiger charge is 2.11. The second-order valence-electron chi connectivity index (χ2n) is 4.36. The third-order valence-corrected chi connectivity index (χ3v) is 2.81. The molecular weight excluding hydrogens is 355 g/mol. The van der Waals surface area contributed by atoms with E-state index < -0.39 is 0 Å². The maximum atomic E-state index is 11.4. The highest BCUT2D eigenvalue weighted by Crippen LogP contribution is 2.04. The molecule has 0 aromatic heterocycles. The fraction of sp³-hybridized carbons (Fsp3) is 0.385. The Labute approximate surface area is 130 Å². The third-order valence-electron chi connectivity index (χ3n) is 2.81. The van der Waals surface area contributed by atoms with E-state index in [0.29, 0.717) is 18.2 Å². The van der Waals surface area contributed by atoms with Crippen LogP contribution in [0.1, 0.15) is 22.8 Å². The molecule has 104 valence electrons. The highest BCUT2D eigenvalue weighted by atomic mass is 127. The standard InChI is InChI=1S/C13H18N4O.HI/c1-9-7-15-13(17-9)16-8-10-3-5-11(6-4-10)12(18)14-2;/h3-6,9H,7-8H2,1-2H3,(H,14,18)(H2,15,16,17);1H. The number of carbonyl (C=O) groups is 1. The Hall–Kier alpha value is -1.31. The maximum Gasteiger partial charge on any atom is 0.251 e. The van der Waals surface area contributed by atoms with Gasteiger partial charge in [-0.15, -0.1) is 24.0 Å². The summed E-state index contributed by atoms with van der Waals surface area (Å²) in [5.74, 6) is 0.781. The van der Waals surface area contributed by atoms with Crippen molar-refractivity contribution in [3.63, 3.8) is 0 Å². The summed E-state index contributed by atoms with van der Waals surface area (Å²) in [7, 11) is 1.63. The van der Waals surface area contributed by atoms with Gasteiger partial charge in [0.1, 0.15) is 0 Å². The predicted molar refractivity (Wildman–Crippen MR) is 87.0 cm³/mol. The van der Waals surface area contributed by atoms with Crippen molar-refractivity contribution in [2.24, 2.45) is 4.99 Å². The van der Waals surface area contributed by atoms with E-state index in [9.17, 15) is 4.79 Å². The van der Waals surface area contributed by atoms with Crippen LogP contribution in [0, 0.1) is 0 Å². The van der Waals surface area contributed by atoms with Crippen molar-refractivity contribution in [1.82, 2.24) is 16.0 Å². The second-order valence-corrected chi connectivity index (χ2v) is 4.36. The van der Waals surface area contributed by atoms with E-state index in [2.05, 4.69) is 27.9 Å². The molecule has 0 saturated carbocycles. The van der Waals surface area contributed by atoms with Gasteiger partial charge >= 0.3 is 0 Å². The van der Waals surface area contributed by atoms with Crippen molar-refractivity contribution < 1.29 is 4.79 Å². The highest BCUT2D eigenvalue weighted by molar-refractivity contribution is 14.0. The monoisotopic (exact) mass is 374 g/mol. The molecule has 0 spiro atoms. The van der Waals surface area contributed by atoms with Gasteiger partial charge in [-0.25, -0.2) is 0 Å². The zero-order valence-corrected chi connectivity index (χ0v) is 13.4. The number of rotatable bonds is 3. The molecule has 1 aromatic carbocycles. The molecule has 0 radical (unpaired) electrons. The van der Waals surface area contributed by atoms with Crippen LogP contribution in [0.3, 0.4) is 0 Å². The van der Waals surface area contributed by atoms with Crippen molar-refractivity contribution in [3.8, 4) is 0 Å². The van der Waals surface area contributed by atoms with Gasteiger partial charge in [-0.2, -0.15) is 0 Å². The van der Waals surface area contributed by atoms with Crippen molar-refractivity contribution in [2.45, 2.75) is 19.5 Å². The molecule has 1 aromatic rings. The van der Waals surface area contributed by atoms with E-state index in [4.69, 9.17) is 0 Å². The smallest absolute Gasteiger partial charge is 0.251 e. The SMILES string of the molecule is CNC(=O)c1ccc(CNC2=NCC(C)N2)cc1.I. The second kappa shape index (κ2) is 7.32. The van der Waals surface area contributed by atoms with Crippen molar-refractivity contribution in [1.29, 1.82) is 0 Å². The molecule has 19 heavy (non-hydrogen) atoms. The Bertz CT molecular complexity index is 458. The molecule has 0 saturated heterocycles. The largest absolute Gasteiger partial charge is 0.355 e. The molecule has 1 amide bonds. The number of amides is 1. The molecule has 6 heteroatoms. The topological polar surface area (TPSA) is 65.5 Å². The zero-order valence-electron chi connectivity index (χ0n) is 11.1. The Kier molecular flexibility index (Phi) is 6.07. The van der Waals surface area contributed by atoms with Crippen LogP contribution in [0.15, 0.2) is 29.3 Å². The summed E-state index contributed by atoms with van der Waals surface area (Å²) in [4.78, 5) is 15.7. The molecule has 1 heterocycles. The van der Waals surface area contributed by atoms with Crippen molar-refractivity contribution >= 4 is 35.8 Å². The summed E-state index contributed by atoms with van der Waals surface area (Å²) >= 11 is 0. The molecule has 5 nitrogen and oxygen atoms in total. The molecule has 0 fully saturated rings. The normalized spacial score (nSPS) is 16.9. The molecule has 1 aliphatic rings. The van der Waals surface area contributed by atoms with Crippen LogP contribution < -0.4 is 16.0 Å². The first kappa shape index (κ1) is 15.7. The van der Waals surface area contributed by atoms with E-state index in [0.717, 1.165) is 18.1 Å². The van der Waals surface area contributed by atoms with Gasteiger partial charge in [0.15, 0.2) is 5.96 Å². The third kappa shape index (κ3) is 4.38. The lowest BCUT2D eigenvalue weighted by Crippen LogP contribution is -2.37. The van der Waals surface area contributed by atoms with Gasteiger partial charge in [-0.05, 0) is 24.6 Å². The van der Waals surface area contributed by atoms with Crippen LogP contribution in [0.4, 0.5) is 0 Å². The zero-order chi connectivity index (χ0) is 13.0. The summed E-state index contributed by atoms with van der Waals surface area (Å²) in [5, 5.41) is 9.07. The first-order valence-electron chi connectivity index (χ1n) is 6.05. The molecule has 1 atom stereocenters. The van der Waals surface area contributed by atoms with Crippen LogP contribution in [0.5, 0.6) is 0 Å². The van der Waals surface area contributed by atoms with Crippen LogP contribution in [-0.4, -0.2) is 31.5 Å². The maximum absolute atomic E-state index is 11.4. The summed E-state index contributed by atoms with van der Waals surface area (Å²) < 4.78 is 0. The number of carbonyl (C=O) groups excluding carboxylic acids is 1. The number of nitrogens with one attached hydrogen (secondary N) is 3. The molecule has 3 N–H and O–H groups in total. The van der Waals surface area contributed by atoms with E-state index >= 15 is 0 Å². The summed E-state index contributed by atoms with van der Waals surface area (Å²) in [6.45, 7) is 3.61. The van der Waals surface area contributed by atoms with Gasteiger partial charge in [0.25, 0.3) is 5.91 Å². The number of hydrogen-bond acceptors (Lipinski definition) is 4. The van der Waals surface area contributed by atoms with Gasteiger partial charge in [-0.1, -0.05) is 12.1 Å². The minimum atomic E-state index is -0.0647. The average molecular weight is 374 g/mol. The van der Waals surface area contributed by atoms with Crippen LogP contribution in [0.25, 0.3) is 0 Å². The number of halogens is 1. The summed E-state index contributed by atoms with van der Waals surface area (Å²) in [6, 6.07) is 7.93. The lowest BCUT2D eigenvalue weighted by Gasteiger charge is -2.09.